The molecule has 1 aromatic heterocycles. The molecule has 5 rings (SSSR count). The Morgan fingerprint density at radius 2 is 1.74 bits per heavy atom. The van der Waals surface area contributed by atoms with Gasteiger partial charge in [-0.25, -0.2) is 4.98 Å². The van der Waals surface area contributed by atoms with E-state index in [1.807, 2.05) is 26.1 Å². The van der Waals surface area contributed by atoms with Crippen LogP contribution in [0.5, 0.6) is 5.88 Å². The number of piperazine rings is 1. The second kappa shape index (κ2) is 12.5. The lowest BCUT2D eigenvalue weighted by Crippen LogP contribution is -2.52. The second-order valence-electron chi connectivity index (χ2n) is 11.1. The number of carbonyl (C=O) groups is 1. The molecule has 39 heavy (non-hydrogen) atoms. The normalized spacial score (nSPS) is 23.2. The number of nitrogens with one attached hydrogen (secondary N) is 2. The maximum atomic E-state index is 12.3. The molecule has 3 fully saturated rings. The summed E-state index contributed by atoms with van der Waals surface area (Å²) in [6.45, 7) is 8.81. The molecule has 0 spiro atoms. The van der Waals surface area contributed by atoms with E-state index < -0.39 is 5.91 Å². The zero-order valence-corrected chi connectivity index (χ0v) is 23.7. The van der Waals surface area contributed by atoms with E-state index in [4.69, 9.17) is 15.5 Å². The molecule has 2 aromatic rings. The van der Waals surface area contributed by atoms with Gasteiger partial charge in [0, 0.05) is 62.7 Å². The van der Waals surface area contributed by atoms with Crippen LogP contribution in [0, 0.1) is 0 Å². The molecule has 0 bridgehead atoms. The van der Waals surface area contributed by atoms with Crippen molar-refractivity contribution in [3.05, 3.63) is 35.7 Å². The first-order chi connectivity index (χ1) is 18.9. The van der Waals surface area contributed by atoms with Gasteiger partial charge in [0.25, 0.3) is 5.91 Å². The molecule has 1 amide bonds. The summed E-state index contributed by atoms with van der Waals surface area (Å²) in [7, 11) is 4.17. The monoisotopic (exact) mass is 536 g/mol. The molecule has 10 nitrogen and oxygen atoms in total. The van der Waals surface area contributed by atoms with Gasteiger partial charge in [-0.2, -0.15) is 4.98 Å². The number of hydrogen-bond donors (Lipinski definition) is 3. The molecule has 1 aliphatic carbocycles. The Bertz CT molecular complexity index is 1110. The van der Waals surface area contributed by atoms with Crippen molar-refractivity contribution in [1.29, 1.82) is 0 Å². The third kappa shape index (κ3) is 6.45. The molecule has 212 valence electrons. The number of carbonyl (C=O) groups excluding carboxylic acids is 1. The number of amides is 1. The van der Waals surface area contributed by atoms with E-state index in [2.05, 4.69) is 49.5 Å². The number of ether oxygens (including phenoxy) is 1. The summed E-state index contributed by atoms with van der Waals surface area (Å²) < 4.78 is 6.33. The predicted octanol–water partition coefficient (Wildman–Crippen LogP) is 2.62. The molecule has 4 N–H and O–H groups in total. The molecule has 0 radical (unpaired) electrons. The van der Waals surface area contributed by atoms with Crippen LogP contribution in [-0.4, -0.2) is 97.2 Å². The zero-order chi connectivity index (χ0) is 27.4. The number of nitrogens with zero attached hydrogens (tertiary/aromatic N) is 5. The van der Waals surface area contributed by atoms with Crippen molar-refractivity contribution in [3.8, 4) is 5.88 Å². The van der Waals surface area contributed by atoms with Gasteiger partial charge in [-0.1, -0.05) is 6.92 Å². The van der Waals surface area contributed by atoms with Crippen molar-refractivity contribution in [1.82, 2.24) is 25.1 Å². The summed E-state index contributed by atoms with van der Waals surface area (Å²) in [5.41, 5.74) is 8.51. The van der Waals surface area contributed by atoms with Gasteiger partial charge < -0.3 is 30.9 Å². The smallest absolute Gasteiger partial charge is 0.271 e. The van der Waals surface area contributed by atoms with E-state index in [-0.39, 0.29) is 17.8 Å². The van der Waals surface area contributed by atoms with Gasteiger partial charge >= 0.3 is 0 Å². The van der Waals surface area contributed by atoms with Gasteiger partial charge in [-0.05, 0) is 76.9 Å². The Morgan fingerprint density at radius 1 is 1.03 bits per heavy atom. The number of anilines is 3. The summed E-state index contributed by atoms with van der Waals surface area (Å²) in [6, 6.07) is 9.28. The highest BCUT2D eigenvalue weighted by molar-refractivity contribution is 5.96. The highest BCUT2D eigenvalue weighted by Crippen LogP contribution is 2.30. The fraction of sp³-hybridized carbons (Fsp3) is 0.621. The number of aryl methyl sites for hydroxylation is 1. The largest absolute Gasteiger partial charge is 0.471 e. The van der Waals surface area contributed by atoms with Crippen LogP contribution in [-0.2, 0) is 6.42 Å². The first-order valence-electron chi connectivity index (χ1n) is 14.5. The minimum absolute atomic E-state index is 0.0292. The average molecular weight is 537 g/mol. The Morgan fingerprint density at radius 3 is 2.38 bits per heavy atom. The fourth-order valence-electron chi connectivity index (χ4n) is 6.15. The van der Waals surface area contributed by atoms with Crippen molar-refractivity contribution in [2.45, 2.75) is 63.6 Å². The van der Waals surface area contributed by atoms with Crippen LogP contribution in [0.25, 0.3) is 0 Å². The first kappa shape index (κ1) is 27.6. The Hall–Kier alpha value is -2.95. The molecule has 0 unspecified atom stereocenters. The number of aromatic nitrogens is 2. The minimum Gasteiger partial charge on any atom is -0.471 e. The Labute approximate surface area is 232 Å². The van der Waals surface area contributed by atoms with Gasteiger partial charge in [-0.15, -0.1) is 0 Å². The summed E-state index contributed by atoms with van der Waals surface area (Å²) in [5, 5.41) is 6.62. The molecule has 10 heteroatoms. The molecule has 2 atom stereocenters. The van der Waals surface area contributed by atoms with Gasteiger partial charge in [0.05, 0.1) is 0 Å². The molecular formula is C29H44N8O2. The van der Waals surface area contributed by atoms with Crippen molar-refractivity contribution in [3.63, 3.8) is 0 Å². The second-order valence-corrected chi connectivity index (χ2v) is 11.1. The number of benzene rings is 1. The Kier molecular flexibility index (Phi) is 8.84. The van der Waals surface area contributed by atoms with E-state index in [0.717, 1.165) is 38.0 Å². The summed E-state index contributed by atoms with van der Waals surface area (Å²) in [4.78, 5) is 29.1. The van der Waals surface area contributed by atoms with Crippen LogP contribution in [0.4, 0.5) is 17.2 Å². The maximum absolute atomic E-state index is 12.3. The molecule has 1 aromatic carbocycles. The number of piperidine rings is 1. The number of hydrogen-bond acceptors (Lipinski definition) is 9. The Balaban J connectivity index is 1.25. The molecule has 3 heterocycles. The summed E-state index contributed by atoms with van der Waals surface area (Å²) >= 11 is 0. The van der Waals surface area contributed by atoms with Crippen LogP contribution >= 0.6 is 0 Å². The van der Waals surface area contributed by atoms with Crippen molar-refractivity contribution < 1.29 is 9.53 Å². The van der Waals surface area contributed by atoms with Crippen LogP contribution < -0.4 is 26.0 Å². The van der Waals surface area contributed by atoms with E-state index in [1.54, 1.807) is 0 Å². The maximum Gasteiger partial charge on any atom is 0.271 e. The predicted molar refractivity (Wildman–Crippen MR) is 155 cm³/mol. The van der Waals surface area contributed by atoms with Crippen molar-refractivity contribution >= 4 is 23.1 Å². The first-order valence-corrected chi connectivity index (χ1v) is 14.5. The summed E-state index contributed by atoms with van der Waals surface area (Å²) in [5.74, 6) is 0.187. The van der Waals surface area contributed by atoms with Crippen LogP contribution in [0.1, 0.15) is 55.2 Å². The van der Waals surface area contributed by atoms with E-state index >= 15 is 0 Å². The average Bonchev–Trinajstić information content (AvgIpc) is 3.41. The molecule has 3 aliphatic rings. The lowest BCUT2D eigenvalue weighted by molar-refractivity contribution is 0.0982. The standard InChI is InChI=1S/C29H44N8O2/c1-4-23-29(39-25-7-5-6-24(25)31-2)34-28(26(33-23)27(30)38)32-20-8-10-21(11-9-20)36-14-12-22(13-15-36)37-18-16-35(3)17-19-37/h8-11,22,24-25,31H,4-7,12-19H2,1-3H3,(H2,30,38)(H,32,34)/t24-,25+/m0/s1. The lowest BCUT2D eigenvalue weighted by atomic mass is 10.0. The van der Waals surface area contributed by atoms with E-state index in [1.165, 1.54) is 44.7 Å². The number of primary amides is 1. The molecule has 2 aliphatic heterocycles. The summed E-state index contributed by atoms with van der Waals surface area (Å²) in [6.07, 6.45) is 6.16. The van der Waals surface area contributed by atoms with Crippen LogP contribution in [0.2, 0.25) is 0 Å². The topological polar surface area (TPSA) is 112 Å². The molecular weight excluding hydrogens is 492 g/mol. The minimum atomic E-state index is -0.611. The van der Waals surface area contributed by atoms with E-state index in [9.17, 15) is 4.79 Å². The highest BCUT2D eigenvalue weighted by atomic mass is 16.5. The van der Waals surface area contributed by atoms with Crippen LogP contribution in [0.3, 0.4) is 0 Å². The fourth-order valence-corrected chi connectivity index (χ4v) is 6.15. The van der Waals surface area contributed by atoms with Gasteiger partial charge in [0.2, 0.25) is 5.88 Å². The lowest BCUT2D eigenvalue weighted by Gasteiger charge is -2.42. The highest BCUT2D eigenvalue weighted by Gasteiger charge is 2.30. The van der Waals surface area contributed by atoms with Gasteiger partial charge in [0.1, 0.15) is 11.8 Å². The van der Waals surface area contributed by atoms with Crippen molar-refractivity contribution in [2.75, 3.05) is 63.6 Å². The third-order valence-electron chi connectivity index (χ3n) is 8.60. The number of rotatable bonds is 9. The van der Waals surface area contributed by atoms with E-state index in [0.29, 0.717) is 29.9 Å². The molecule has 1 saturated carbocycles. The quantitative estimate of drug-likeness (QED) is 0.445. The van der Waals surface area contributed by atoms with Crippen LogP contribution in [0.15, 0.2) is 24.3 Å². The van der Waals surface area contributed by atoms with Crippen molar-refractivity contribution in [2.24, 2.45) is 5.73 Å². The van der Waals surface area contributed by atoms with Gasteiger partial charge in [-0.3, -0.25) is 9.69 Å². The van der Waals surface area contributed by atoms with Gasteiger partial charge in [0.15, 0.2) is 11.5 Å². The number of likely N-dealkylation sites (N-methyl/N-ethyl adjacent to an activating group) is 2. The molecule has 2 saturated heterocycles. The third-order valence-corrected chi connectivity index (χ3v) is 8.60. The SMILES string of the molecule is CCc1nc(C(N)=O)c(Nc2ccc(N3CCC(N4CCN(C)CC4)CC3)cc2)nc1O[C@@H]1CCC[C@@H]1NC. The number of nitrogens with two attached hydrogens (primary N) is 1. The zero-order valence-electron chi connectivity index (χ0n) is 23.7.